The lowest BCUT2D eigenvalue weighted by Gasteiger charge is -2.31. The smallest absolute Gasteiger partial charge is 0.244 e. The largest absolute Gasteiger partial charge is 0.507 e. The number of nitriles is 1. The van der Waals surface area contributed by atoms with E-state index >= 15 is 0 Å². The summed E-state index contributed by atoms with van der Waals surface area (Å²) in [5, 5.41) is 28.9. The number of allylic oxidation sites excluding steroid dienone is 1. The molecule has 1 atom stereocenters. The maximum atomic E-state index is 11.3. The minimum absolute atomic E-state index is 0.0300. The maximum absolute atomic E-state index is 11.3. The zero-order valence-electron chi connectivity index (χ0n) is 22.0. The Bertz CT molecular complexity index is 1330. The molecule has 0 saturated carbocycles. The van der Waals surface area contributed by atoms with E-state index in [1.54, 1.807) is 0 Å². The van der Waals surface area contributed by atoms with Gasteiger partial charge in [0.1, 0.15) is 23.1 Å². The van der Waals surface area contributed by atoms with Gasteiger partial charge in [-0.3, -0.25) is 5.10 Å². The van der Waals surface area contributed by atoms with Crippen LogP contribution in [0.15, 0.2) is 47.9 Å². The van der Waals surface area contributed by atoms with E-state index in [-0.39, 0.29) is 22.5 Å². The predicted octanol–water partition coefficient (Wildman–Crippen LogP) is 5.99. The summed E-state index contributed by atoms with van der Waals surface area (Å²) in [5.41, 5.74) is 10.7. The molecule has 1 aliphatic heterocycles. The molecule has 1 aromatic heterocycles. The van der Waals surface area contributed by atoms with Gasteiger partial charge in [-0.15, -0.1) is 5.10 Å². The van der Waals surface area contributed by atoms with Gasteiger partial charge < -0.3 is 20.3 Å². The van der Waals surface area contributed by atoms with Gasteiger partial charge in [0.2, 0.25) is 11.8 Å². The van der Waals surface area contributed by atoms with Crippen molar-refractivity contribution < 1.29 is 14.6 Å². The number of nitrogens with zero attached hydrogens (tertiary/aromatic N) is 2. The summed E-state index contributed by atoms with van der Waals surface area (Å²) < 4.78 is 11.4. The molecule has 0 amide bonds. The van der Waals surface area contributed by atoms with E-state index in [0.29, 0.717) is 18.1 Å². The topological polar surface area (TPSA) is 117 Å². The van der Waals surface area contributed by atoms with Crippen LogP contribution in [0.2, 0.25) is 0 Å². The van der Waals surface area contributed by atoms with Crippen LogP contribution in [0.4, 0.5) is 0 Å². The number of phenolic OH excluding ortho intramolecular Hbond substituents is 1. The van der Waals surface area contributed by atoms with E-state index in [2.05, 4.69) is 57.8 Å². The van der Waals surface area contributed by atoms with E-state index in [0.717, 1.165) is 39.3 Å². The molecule has 4 rings (SSSR count). The fourth-order valence-corrected chi connectivity index (χ4v) is 4.65. The number of rotatable bonds is 4. The number of aromatic amines is 1. The molecule has 0 bridgehead atoms. The molecule has 36 heavy (non-hydrogen) atoms. The minimum Gasteiger partial charge on any atom is -0.507 e. The van der Waals surface area contributed by atoms with Gasteiger partial charge in [0.15, 0.2) is 0 Å². The number of hydrogen-bond acceptors (Lipinski definition) is 6. The summed E-state index contributed by atoms with van der Waals surface area (Å²) in [6.45, 7) is 14.9. The van der Waals surface area contributed by atoms with Crippen LogP contribution >= 0.6 is 0 Å². The standard InChI is InChI=1S/C29H34N4O3/c1-8-35-18-11-9-16(10-12-18)24-23-22(19(15-30)26(31)36-27(23)33-32-24)17-13-20(28(2,3)4)25(34)21(14-17)29(5,6)7/h9-14,22,34H,8,31H2,1-7H3,(H,32,33). The Balaban J connectivity index is 1.99. The van der Waals surface area contributed by atoms with Crippen molar-refractivity contribution in [1.29, 1.82) is 5.26 Å². The number of nitrogens with one attached hydrogen (secondary N) is 1. The van der Waals surface area contributed by atoms with Crippen molar-refractivity contribution in [1.82, 2.24) is 10.2 Å². The number of ether oxygens (including phenoxy) is 2. The highest BCUT2D eigenvalue weighted by Gasteiger charge is 2.37. The van der Waals surface area contributed by atoms with Crippen LogP contribution in [0.3, 0.4) is 0 Å². The molecule has 0 spiro atoms. The predicted molar refractivity (Wildman–Crippen MR) is 140 cm³/mol. The second-order valence-corrected chi connectivity index (χ2v) is 11.2. The Morgan fingerprint density at radius 2 is 1.67 bits per heavy atom. The lowest BCUT2D eigenvalue weighted by atomic mass is 9.74. The molecule has 7 nitrogen and oxygen atoms in total. The lowest BCUT2D eigenvalue weighted by molar-refractivity contribution is 0.340. The zero-order chi connectivity index (χ0) is 26.4. The monoisotopic (exact) mass is 486 g/mol. The van der Waals surface area contributed by atoms with E-state index in [1.165, 1.54) is 0 Å². The number of H-pyrrole nitrogens is 1. The van der Waals surface area contributed by atoms with E-state index in [1.807, 2.05) is 43.3 Å². The van der Waals surface area contributed by atoms with Crippen molar-refractivity contribution in [3.05, 3.63) is 70.1 Å². The Morgan fingerprint density at radius 1 is 1.08 bits per heavy atom. The molecule has 1 unspecified atom stereocenters. The zero-order valence-corrected chi connectivity index (χ0v) is 22.0. The number of benzene rings is 2. The van der Waals surface area contributed by atoms with Crippen LogP contribution in [0.25, 0.3) is 11.3 Å². The lowest BCUT2D eigenvalue weighted by Crippen LogP contribution is -2.23. The Labute approximate surface area is 212 Å². The highest BCUT2D eigenvalue weighted by molar-refractivity contribution is 5.72. The number of hydrogen-bond donors (Lipinski definition) is 3. The van der Waals surface area contributed by atoms with Gasteiger partial charge >= 0.3 is 0 Å². The van der Waals surface area contributed by atoms with Gasteiger partial charge in [-0.1, -0.05) is 53.7 Å². The summed E-state index contributed by atoms with van der Waals surface area (Å²) in [6, 6.07) is 13.9. The molecule has 188 valence electrons. The molecule has 0 fully saturated rings. The van der Waals surface area contributed by atoms with Crippen LogP contribution in [0.1, 0.15) is 76.6 Å². The van der Waals surface area contributed by atoms with Crippen molar-refractivity contribution in [3.8, 4) is 34.7 Å². The highest BCUT2D eigenvalue weighted by atomic mass is 16.5. The SMILES string of the molecule is CCOc1ccc(-c2[nH]nc3c2C(c2cc(C(C)(C)C)c(O)c(C(C)(C)C)c2)C(C#N)=C(N)O3)cc1. The van der Waals surface area contributed by atoms with Crippen molar-refractivity contribution in [2.45, 2.75) is 65.2 Å². The Morgan fingerprint density at radius 3 is 2.17 bits per heavy atom. The number of nitrogens with two attached hydrogens (primary N) is 1. The minimum atomic E-state index is -0.526. The Kier molecular flexibility index (Phi) is 6.25. The average molecular weight is 487 g/mol. The second-order valence-electron chi connectivity index (χ2n) is 11.2. The van der Waals surface area contributed by atoms with Crippen molar-refractivity contribution in [3.63, 3.8) is 0 Å². The second kappa shape index (κ2) is 8.94. The highest BCUT2D eigenvalue weighted by Crippen LogP contribution is 2.49. The molecular formula is C29H34N4O3. The quantitative estimate of drug-likeness (QED) is 0.417. The van der Waals surface area contributed by atoms with Gasteiger partial charge in [-0.2, -0.15) is 5.26 Å². The molecule has 1 aliphatic rings. The van der Waals surface area contributed by atoms with Gasteiger partial charge in [0.25, 0.3) is 0 Å². The van der Waals surface area contributed by atoms with Gasteiger partial charge in [0.05, 0.1) is 23.8 Å². The average Bonchev–Trinajstić information content (AvgIpc) is 3.21. The van der Waals surface area contributed by atoms with Crippen molar-refractivity contribution >= 4 is 0 Å². The molecule has 0 aliphatic carbocycles. The first-order valence-electron chi connectivity index (χ1n) is 12.1. The van der Waals surface area contributed by atoms with Crippen molar-refractivity contribution in [2.75, 3.05) is 6.61 Å². The number of phenols is 1. The maximum Gasteiger partial charge on any atom is 0.244 e. The molecule has 4 N–H and O–H groups in total. The molecule has 2 heterocycles. The van der Waals surface area contributed by atoms with Gasteiger partial charge in [-0.25, -0.2) is 0 Å². The molecule has 7 heteroatoms. The Hall–Kier alpha value is -3.92. The van der Waals surface area contributed by atoms with Gasteiger partial charge in [0, 0.05) is 5.56 Å². The first kappa shape index (κ1) is 25.2. The van der Waals surface area contributed by atoms with Crippen LogP contribution in [0.5, 0.6) is 17.4 Å². The fraction of sp³-hybridized carbons (Fsp3) is 0.379. The summed E-state index contributed by atoms with van der Waals surface area (Å²) in [6.07, 6.45) is 0. The first-order valence-corrected chi connectivity index (χ1v) is 12.1. The molecule has 0 radical (unpaired) electrons. The van der Waals surface area contributed by atoms with Crippen LogP contribution in [0, 0.1) is 11.3 Å². The summed E-state index contributed by atoms with van der Waals surface area (Å²) in [7, 11) is 0. The van der Waals surface area contributed by atoms with E-state index < -0.39 is 5.92 Å². The van der Waals surface area contributed by atoms with E-state index in [9.17, 15) is 10.4 Å². The third kappa shape index (κ3) is 4.39. The van der Waals surface area contributed by atoms with Crippen LogP contribution < -0.4 is 15.2 Å². The first-order chi connectivity index (χ1) is 16.9. The molecule has 2 aromatic carbocycles. The molecule has 3 aromatic rings. The normalized spacial score (nSPS) is 15.8. The molecule has 0 saturated heterocycles. The van der Waals surface area contributed by atoms with Crippen LogP contribution in [-0.4, -0.2) is 21.9 Å². The third-order valence-corrected chi connectivity index (χ3v) is 6.47. The summed E-state index contributed by atoms with van der Waals surface area (Å²) in [5.74, 6) is 0.889. The van der Waals surface area contributed by atoms with Crippen LogP contribution in [-0.2, 0) is 10.8 Å². The summed E-state index contributed by atoms with van der Waals surface area (Å²) in [4.78, 5) is 0. The fourth-order valence-electron chi connectivity index (χ4n) is 4.65. The van der Waals surface area contributed by atoms with Crippen molar-refractivity contribution in [2.24, 2.45) is 5.73 Å². The number of fused-ring (bicyclic) bond motifs is 1. The van der Waals surface area contributed by atoms with Gasteiger partial charge in [-0.05, 0) is 58.7 Å². The number of aromatic nitrogens is 2. The number of aromatic hydroxyl groups is 1. The van der Waals surface area contributed by atoms with E-state index in [4.69, 9.17) is 15.2 Å². The third-order valence-electron chi connectivity index (χ3n) is 6.47. The molecular weight excluding hydrogens is 452 g/mol. The summed E-state index contributed by atoms with van der Waals surface area (Å²) >= 11 is 0.